The van der Waals surface area contributed by atoms with E-state index < -0.39 is 0 Å². The lowest BCUT2D eigenvalue weighted by atomic mass is 10.1. The third-order valence-electron chi connectivity index (χ3n) is 5.94. The van der Waals surface area contributed by atoms with Gasteiger partial charge in [-0.2, -0.15) is 5.26 Å². The average Bonchev–Trinajstić information content (AvgIpc) is 3.36. The fourth-order valence-electron chi connectivity index (χ4n) is 4.37. The number of aromatic nitrogens is 2. The highest BCUT2D eigenvalue weighted by Crippen LogP contribution is 2.30. The van der Waals surface area contributed by atoms with Gasteiger partial charge in [-0.15, -0.1) is 0 Å². The quantitative estimate of drug-likeness (QED) is 0.526. The second-order valence-corrected chi connectivity index (χ2v) is 8.03. The summed E-state index contributed by atoms with van der Waals surface area (Å²) in [6.07, 6.45) is 4.93. The van der Waals surface area contributed by atoms with Crippen molar-refractivity contribution in [1.82, 2.24) is 14.9 Å². The standard InChI is InChI=1S/C23H22ClN5/c24-18-4-5-19-16(14-27-21(19)12-18)6-7-28-8-10-29(11-9-28)22-3-1-2-20-23(22)17(13-25)15-26-20/h1-5,12,14-15,26-27H,6-11H2. The van der Waals surface area contributed by atoms with Crippen LogP contribution in [0.3, 0.4) is 0 Å². The molecule has 0 amide bonds. The Morgan fingerprint density at radius 1 is 1.00 bits per heavy atom. The normalized spacial score (nSPS) is 15.2. The zero-order valence-corrected chi connectivity index (χ0v) is 16.8. The topological polar surface area (TPSA) is 61.9 Å². The minimum atomic E-state index is 0.720. The first-order chi connectivity index (χ1) is 14.2. The Hall–Kier alpha value is -2.94. The van der Waals surface area contributed by atoms with E-state index in [0.717, 1.165) is 71.8 Å². The third-order valence-corrected chi connectivity index (χ3v) is 6.18. The number of nitrogens with zero attached hydrogens (tertiary/aromatic N) is 3. The highest BCUT2D eigenvalue weighted by molar-refractivity contribution is 6.31. The fourth-order valence-corrected chi connectivity index (χ4v) is 4.55. The molecule has 5 nitrogen and oxygen atoms in total. The van der Waals surface area contributed by atoms with Gasteiger partial charge in [-0.25, -0.2) is 0 Å². The summed E-state index contributed by atoms with van der Waals surface area (Å²) in [6.45, 7) is 5.03. The Bertz CT molecular complexity index is 1210. The number of aromatic amines is 2. The van der Waals surface area contributed by atoms with Gasteiger partial charge in [0.15, 0.2) is 0 Å². The molecule has 0 atom stereocenters. The number of fused-ring (bicyclic) bond motifs is 2. The third kappa shape index (κ3) is 3.35. The maximum Gasteiger partial charge on any atom is 0.101 e. The molecule has 0 aliphatic carbocycles. The van der Waals surface area contributed by atoms with Crippen LogP contribution >= 0.6 is 11.6 Å². The van der Waals surface area contributed by atoms with Gasteiger partial charge in [-0.1, -0.05) is 23.7 Å². The molecule has 1 aliphatic heterocycles. The highest BCUT2D eigenvalue weighted by Gasteiger charge is 2.20. The van der Waals surface area contributed by atoms with E-state index in [-0.39, 0.29) is 0 Å². The first-order valence-electron chi connectivity index (χ1n) is 9.96. The number of hydrogen-bond acceptors (Lipinski definition) is 3. The number of anilines is 1. The van der Waals surface area contributed by atoms with Gasteiger partial charge in [0.05, 0.1) is 5.56 Å². The molecule has 4 aromatic rings. The molecule has 2 N–H and O–H groups in total. The largest absolute Gasteiger partial charge is 0.368 e. The van der Waals surface area contributed by atoms with Gasteiger partial charge in [0.1, 0.15) is 6.07 Å². The molecule has 1 saturated heterocycles. The van der Waals surface area contributed by atoms with Crippen molar-refractivity contribution >= 4 is 39.1 Å². The minimum absolute atomic E-state index is 0.720. The van der Waals surface area contributed by atoms with Crippen LogP contribution in [0.1, 0.15) is 11.1 Å². The molecule has 29 heavy (non-hydrogen) atoms. The van der Waals surface area contributed by atoms with Crippen LogP contribution in [-0.4, -0.2) is 47.6 Å². The van der Waals surface area contributed by atoms with E-state index in [1.165, 1.54) is 10.9 Å². The van der Waals surface area contributed by atoms with Gasteiger partial charge < -0.3 is 14.9 Å². The molecule has 0 spiro atoms. The summed E-state index contributed by atoms with van der Waals surface area (Å²) in [5.41, 5.74) is 5.35. The predicted molar refractivity (Wildman–Crippen MR) is 119 cm³/mol. The molecule has 6 heteroatoms. The number of benzene rings is 2. The number of piperazine rings is 1. The molecule has 0 saturated carbocycles. The van der Waals surface area contributed by atoms with Crippen molar-refractivity contribution in [3.63, 3.8) is 0 Å². The Morgan fingerprint density at radius 3 is 2.66 bits per heavy atom. The molecular formula is C23H22ClN5. The van der Waals surface area contributed by atoms with Crippen molar-refractivity contribution in [2.75, 3.05) is 37.6 Å². The Balaban J connectivity index is 1.25. The summed E-state index contributed by atoms with van der Waals surface area (Å²) in [5.74, 6) is 0. The van der Waals surface area contributed by atoms with E-state index in [1.807, 2.05) is 18.2 Å². The molecule has 2 aromatic carbocycles. The van der Waals surface area contributed by atoms with Crippen LogP contribution < -0.4 is 4.90 Å². The Labute approximate surface area is 174 Å². The van der Waals surface area contributed by atoms with Crippen LogP contribution in [0.2, 0.25) is 5.02 Å². The monoisotopic (exact) mass is 403 g/mol. The Morgan fingerprint density at radius 2 is 1.83 bits per heavy atom. The molecule has 0 unspecified atom stereocenters. The van der Waals surface area contributed by atoms with E-state index >= 15 is 0 Å². The summed E-state index contributed by atoms with van der Waals surface area (Å²) in [7, 11) is 0. The number of hydrogen-bond donors (Lipinski definition) is 2. The van der Waals surface area contributed by atoms with Crippen molar-refractivity contribution < 1.29 is 0 Å². The molecular weight excluding hydrogens is 382 g/mol. The first-order valence-corrected chi connectivity index (χ1v) is 10.3. The van der Waals surface area contributed by atoms with Gasteiger partial charge in [0, 0.05) is 77.6 Å². The second-order valence-electron chi connectivity index (χ2n) is 7.60. The van der Waals surface area contributed by atoms with Gasteiger partial charge >= 0.3 is 0 Å². The average molecular weight is 404 g/mol. The number of H-pyrrole nitrogens is 2. The number of nitrogens with one attached hydrogen (secondary N) is 2. The summed E-state index contributed by atoms with van der Waals surface area (Å²) in [4.78, 5) is 11.5. The molecule has 0 bridgehead atoms. The lowest BCUT2D eigenvalue weighted by Gasteiger charge is -2.36. The van der Waals surface area contributed by atoms with Crippen molar-refractivity contribution in [1.29, 1.82) is 5.26 Å². The van der Waals surface area contributed by atoms with Crippen molar-refractivity contribution in [3.05, 3.63) is 64.9 Å². The maximum atomic E-state index is 9.43. The van der Waals surface area contributed by atoms with E-state index in [9.17, 15) is 5.26 Å². The molecule has 146 valence electrons. The van der Waals surface area contributed by atoms with Crippen molar-refractivity contribution in [3.8, 4) is 6.07 Å². The van der Waals surface area contributed by atoms with Crippen LogP contribution in [0.15, 0.2) is 48.8 Å². The van der Waals surface area contributed by atoms with Gasteiger partial charge in [-0.05, 0) is 36.2 Å². The van der Waals surface area contributed by atoms with E-state index in [1.54, 1.807) is 6.20 Å². The van der Waals surface area contributed by atoms with Crippen molar-refractivity contribution in [2.24, 2.45) is 0 Å². The number of halogens is 1. The Kier molecular flexibility index (Phi) is 4.67. The lowest BCUT2D eigenvalue weighted by molar-refractivity contribution is 0.261. The molecule has 3 heterocycles. The van der Waals surface area contributed by atoms with Gasteiger partial charge in [-0.3, -0.25) is 4.90 Å². The fraction of sp³-hybridized carbons (Fsp3) is 0.261. The summed E-state index contributed by atoms with van der Waals surface area (Å²) in [6, 6.07) is 14.6. The summed E-state index contributed by atoms with van der Waals surface area (Å²) < 4.78 is 0. The molecule has 5 rings (SSSR count). The summed E-state index contributed by atoms with van der Waals surface area (Å²) >= 11 is 6.09. The number of nitriles is 1. The molecule has 0 radical (unpaired) electrons. The van der Waals surface area contributed by atoms with Crippen LogP contribution in [0.5, 0.6) is 0 Å². The van der Waals surface area contributed by atoms with Crippen LogP contribution in [0, 0.1) is 11.3 Å². The summed E-state index contributed by atoms with van der Waals surface area (Å²) in [5, 5.41) is 12.5. The lowest BCUT2D eigenvalue weighted by Crippen LogP contribution is -2.47. The highest BCUT2D eigenvalue weighted by atomic mass is 35.5. The van der Waals surface area contributed by atoms with Gasteiger partial charge in [0.25, 0.3) is 0 Å². The minimum Gasteiger partial charge on any atom is -0.368 e. The molecule has 1 aliphatic rings. The van der Waals surface area contributed by atoms with E-state index in [0.29, 0.717) is 0 Å². The van der Waals surface area contributed by atoms with Crippen LogP contribution in [0.4, 0.5) is 5.69 Å². The molecule has 2 aromatic heterocycles. The van der Waals surface area contributed by atoms with Gasteiger partial charge in [0.2, 0.25) is 0 Å². The zero-order chi connectivity index (χ0) is 19.8. The first kappa shape index (κ1) is 18.1. The predicted octanol–water partition coefficient (Wildman–Crippen LogP) is 4.54. The second kappa shape index (κ2) is 7.47. The van der Waals surface area contributed by atoms with Crippen molar-refractivity contribution in [2.45, 2.75) is 6.42 Å². The van der Waals surface area contributed by atoms with E-state index in [4.69, 9.17) is 11.6 Å². The smallest absolute Gasteiger partial charge is 0.101 e. The van der Waals surface area contributed by atoms with Crippen LogP contribution in [0.25, 0.3) is 21.8 Å². The number of rotatable bonds is 4. The zero-order valence-electron chi connectivity index (χ0n) is 16.1. The van der Waals surface area contributed by atoms with Crippen LogP contribution in [-0.2, 0) is 6.42 Å². The van der Waals surface area contributed by atoms with E-state index in [2.05, 4.69) is 50.2 Å². The SMILES string of the molecule is N#Cc1c[nH]c2cccc(N3CCN(CCc4c[nH]c5cc(Cl)ccc45)CC3)c12. The maximum absolute atomic E-state index is 9.43. The molecule has 1 fully saturated rings.